The predicted molar refractivity (Wildman–Crippen MR) is 94.4 cm³/mol. The molecule has 0 spiro atoms. The van der Waals surface area contributed by atoms with E-state index in [0.29, 0.717) is 10.9 Å². The highest BCUT2D eigenvalue weighted by atomic mass is 35.5. The van der Waals surface area contributed by atoms with Crippen molar-refractivity contribution >= 4 is 29.3 Å². The minimum Gasteiger partial charge on any atom is -0.322 e. The molecular formula is C19H20ClNO. The van der Waals surface area contributed by atoms with Crippen LogP contribution in [0.2, 0.25) is 5.02 Å². The van der Waals surface area contributed by atoms with E-state index in [9.17, 15) is 4.79 Å². The van der Waals surface area contributed by atoms with Gasteiger partial charge in [-0.2, -0.15) is 0 Å². The summed E-state index contributed by atoms with van der Waals surface area (Å²) in [6.07, 6.45) is 3.24. The molecule has 1 amide bonds. The summed E-state index contributed by atoms with van der Waals surface area (Å²) in [5.41, 5.74) is 3.92. The third kappa shape index (κ3) is 3.99. The first-order valence-electron chi connectivity index (χ1n) is 7.32. The molecule has 0 aliphatic rings. The van der Waals surface area contributed by atoms with Gasteiger partial charge in [0, 0.05) is 16.8 Å². The van der Waals surface area contributed by atoms with E-state index in [2.05, 4.69) is 19.2 Å². The van der Waals surface area contributed by atoms with Crippen molar-refractivity contribution in [2.24, 2.45) is 0 Å². The molecule has 0 aliphatic heterocycles. The lowest BCUT2D eigenvalue weighted by atomic mass is 9.98. The van der Waals surface area contributed by atoms with Gasteiger partial charge in [-0.15, -0.1) is 0 Å². The Balaban J connectivity index is 2.18. The van der Waals surface area contributed by atoms with Crippen molar-refractivity contribution in [3.05, 3.63) is 70.3 Å². The van der Waals surface area contributed by atoms with Crippen molar-refractivity contribution in [2.45, 2.75) is 26.7 Å². The quantitative estimate of drug-likeness (QED) is 0.750. The highest BCUT2D eigenvalue weighted by Crippen LogP contribution is 2.27. The van der Waals surface area contributed by atoms with E-state index in [1.165, 1.54) is 6.08 Å². The van der Waals surface area contributed by atoms with E-state index in [1.807, 2.05) is 43.3 Å². The Labute approximate surface area is 136 Å². The van der Waals surface area contributed by atoms with Crippen molar-refractivity contribution in [1.29, 1.82) is 0 Å². The lowest BCUT2D eigenvalue weighted by molar-refractivity contribution is -0.111. The van der Waals surface area contributed by atoms with E-state index in [4.69, 9.17) is 11.6 Å². The van der Waals surface area contributed by atoms with Crippen LogP contribution in [0.4, 0.5) is 5.69 Å². The summed E-state index contributed by atoms with van der Waals surface area (Å²) >= 11 is 6.08. The monoisotopic (exact) mass is 313 g/mol. The zero-order valence-electron chi connectivity index (χ0n) is 13.1. The summed E-state index contributed by atoms with van der Waals surface area (Å²) in [5.74, 6) is 0.193. The lowest BCUT2D eigenvalue weighted by Crippen LogP contribution is -2.11. The van der Waals surface area contributed by atoms with Gasteiger partial charge in [0.2, 0.25) is 5.91 Å². The number of benzene rings is 2. The van der Waals surface area contributed by atoms with E-state index < -0.39 is 0 Å². The maximum Gasteiger partial charge on any atom is 0.248 e. The molecule has 1 N–H and O–H groups in total. The van der Waals surface area contributed by atoms with Gasteiger partial charge in [0.1, 0.15) is 0 Å². The second-order valence-electron chi connectivity index (χ2n) is 5.54. The molecule has 0 heterocycles. The van der Waals surface area contributed by atoms with Crippen LogP contribution < -0.4 is 5.32 Å². The Kier molecular flexibility index (Phi) is 5.40. The van der Waals surface area contributed by atoms with Crippen molar-refractivity contribution < 1.29 is 4.79 Å². The van der Waals surface area contributed by atoms with Gasteiger partial charge >= 0.3 is 0 Å². The average molecular weight is 314 g/mol. The van der Waals surface area contributed by atoms with Gasteiger partial charge < -0.3 is 5.32 Å². The molecular weight excluding hydrogens is 294 g/mol. The number of para-hydroxylation sites is 1. The van der Waals surface area contributed by atoms with Gasteiger partial charge in [0.25, 0.3) is 0 Å². The molecule has 2 aromatic carbocycles. The number of hydrogen-bond acceptors (Lipinski definition) is 1. The number of nitrogens with one attached hydrogen (secondary N) is 1. The highest BCUT2D eigenvalue weighted by molar-refractivity contribution is 6.32. The van der Waals surface area contributed by atoms with Gasteiger partial charge in [-0.1, -0.05) is 61.8 Å². The highest BCUT2D eigenvalue weighted by Gasteiger charge is 2.10. The van der Waals surface area contributed by atoms with E-state index in [0.717, 1.165) is 22.4 Å². The van der Waals surface area contributed by atoms with Crippen molar-refractivity contribution in [1.82, 2.24) is 0 Å². The standard InChI is InChI=1S/C19H20ClNO/c1-13(2)16-9-6-7-14(3)19(16)21-18(22)12-11-15-8-4-5-10-17(15)20/h4-13H,1-3H3,(H,21,22). The molecule has 0 aliphatic carbocycles. The lowest BCUT2D eigenvalue weighted by Gasteiger charge is -2.15. The maximum absolute atomic E-state index is 12.2. The van der Waals surface area contributed by atoms with Crippen LogP contribution in [0.25, 0.3) is 6.08 Å². The molecule has 0 saturated heterocycles. The van der Waals surface area contributed by atoms with Crippen LogP contribution in [0.15, 0.2) is 48.5 Å². The molecule has 0 saturated carbocycles. The number of halogens is 1. The molecule has 0 fully saturated rings. The summed E-state index contributed by atoms with van der Waals surface area (Å²) in [4.78, 5) is 12.2. The molecule has 3 heteroatoms. The molecule has 0 unspecified atom stereocenters. The number of hydrogen-bond donors (Lipinski definition) is 1. The first kappa shape index (κ1) is 16.3. The molecule has 2 rings (SSSR count). The van der Waals surface area contributed by atoms with Crippen molar-refractivity contribution in [3.8, 4) is 0 Å². The van der Waals surface area contributed by atoms with Crippen LogP contribution in [0.3, 0.4) is 0 Å². The Morgan fingerprint density at radius 3 is 2.55 bits per heavy atom. The van der Waals surface area contributed by atoms with Gasteiger partial charge in [0.05, 0.1) is 0 Å². The van der Waals surface area contributed by atoms with Crippen molar-refractivity contribution in [2.75, 3.05) is 5.32 Å². The Bertz CT molecular complexity index is 704. The fraction of sp³-hybridized carbons (Fsp3) is 0.211. The van der Waals surface area contributed by atoms with Gasteiger partial charge in [0.15, 0.2) is 0 Å². The first-order chi connectivity index (χ1) is 10.5. The summed E-state index contributed by atoms with van der Waals surface area (Å²) in [5, 5.41) is 3.61. The van der Waals surface area contributed by atoms with Crippen LogP contribution >= 0.6 is 11.6 Å². The number of amides is 1. The van der Waals surface area contributed by atoms with Crippen LogP contribution in [0.5, 0.6) is 0 Å². The SMILES string of the molecule is Cc1cccc(C(C)C)c1NC(=O)C=Cc1ccccc1Cl. The molecule has 114 valence electrons. The predicted octanol–water partition coefficient (Wildman–Crippen LogP) is 5.42. The van der Waals surface area contributed by atoms with Gasteiger partial charge in [-0.05, 0) is 41.7 Å². The van der Waals surface area contributed by atoms with Gasteiger partial charge in [-0.3, -0.25) is 4.79 Å². The zero-order chi connectivity index (χ0) is 16.1. The fourth-order valence-electron chi connectivity index (χ4n) is 2.28. The third-order valence-corrected chi connectivity index (χ3v) is 3.84. The minimum atomic E-state index is -0.156. The smallest absolute Gasteiger partial charge is 0.248 e. The normalized spacial score (nSPS) is 11.1. The number of carbonyl (C=O) groups excluding carboxylic acids is 1. The summed E-state index contributed by atoms with van der Waals surface area (Å²) in [6.45, 7) is 6.23. The number of aryl methyl sites for hydroxylation is 1. The van der Waals surface area contributed by atoms with Crippen LogP contribution in [0.1, 0.15) is 36.5 Å². The van der Waals surface area contributed by atoms with Crippen molar-refractivity contribution in [3.63, 3.8) is 0 Å². The summed E-state index contributed by atoms with van der Waals surface area (Å²) in [6, 6.07) is 13.5. The second-order valence-corrected chi connectivity index (χ2v) is 5.95. The van der Waals surface area contributed by atoms with E-state index >= 15 is 0 Å². The summed E-state index contributed by atoms with van der Waals surface area (Å²) in [7, 11) is 0. The average Bonchev–Trinajstić information content (AvgIpc) is 2.48. The second kappa shape index (κ2) is 7.28. The minimum absolute atomic E-state index is 0.156. The maximum atomic E-state index is 12.2. The third-order valence-electron chi connectivity index (χ3n) is 3.49. The van der Waals surface area contributed by atoms with Crippen LogP contribution in [0, 0.1) is 6.92 Å². The Morgan fingerprint density at radius 1 is 1.14 bits per heavy atom. The zero-order valence-corrected chi connectivity index (χ0v) is 13.8. The largest absolute Gasteiger partial charge is 0.322 e. The molecule has 2 nitrogen and oxygen atoms in total. The summed E-state index contributed by atoms with van der Waals surface area (Å²) < 4.78 is 0. The molecule has 2 aromatic rings. The number of rotatable bonds is 4. The molecule has 22 heavy (non-hydrogen) atoms. The van der Waals surface area contributed by atoms with E-state index in [1.54, 1.807) is 12.1 Å². The topological polar surface area (TPSA) is 29.1 Å². The van der Waals surface area contributed by atoms with Gasteiger partial charge in [-0.25, -0.2) is 0 Å². The number of anilines is 1. The molecule has 0 bridgehead atoms. The Morgan fingerprint density at radius 2 is 1.86 bits per heavy atom. The van der Waals surface area contributed by atoms with E-state index in [-0.39, 0.29) is 5.91 Å². The Hall–Kier alpha value is -2.06. The first-order valence-corrected chi connectivity index (χ1v) is 7.70. The molecule has 0 atom stereocenters. The van der Waals surface area contributed by atoms with Crippen LogP contribution in [-0.2, 0) is 4.79 Å². The molecule has 0 radical (unpaired) electrons. The molecule has 0 aromatic heterocycles. The van der Waals surface area contributed by atoms with Crippen LogP contribution in [-0.4, -0.2) is 5.91 Å². The number of carbonyl (C=O) groups is 1. The fourth-order valence-corrected chi connectivity index (χ4v) is 2.48.